The minimum absolute atomic E-state index is 0.0208. The lowest BCUT2D eigenvalue weighted by Gasteiger charge is -2.12. The molecular formula is C14H22N2O2. The molecule has 0 spiro atoms. The summed E-state index contributed by atoms with van der Waals surface area (Å²) in [6, 6.07) is 8.17. The number of aryl methyl sites for hydroxylation is 1. The molecule has 0 aliphatic heterocycles. The standard InChI is InChI=1S/C14H22N2O2/c1-11(17)10-15-14(18)9-6-12-4-7-13(8-5-12)16(2)3/h4-5,7-8,11,17H,6,9-10H2,1-3H3,(H,15,18)/t11-/m1/s1. The number of rotatable bonds is 6. The molecule has 1 aromatic rings. The van der Waals surface area contributed by atoms with Gasteiger partial charge in [-0.1, -0.05) is 12.1 Å². The molecule has 0 heterocycles. The third kappa shape index (κ3) is 5.19. The van der Waals surface area contributed by atoms with Crippen LogP contribution in [-0.2, 0) is 11.2 Å². The molecule has 2 N–H and O–H groups in total. The van der Waals surface area contributed by atoms with Gasteiger partial charge in [-0.15, -0.1) is 0 Å². The summed E-state index contributed by atoms with van der Waals surface area (Å²) in [6.07, 6.45) is 0.682. The molecular weight excluding hydrogens is 228 g/mol. The molecule has 0 radical (unpaired) electrons. The van der Waals surface area contributed by atoms with Gasteiger partial charge in [-0.3, -0.25) is 4.79 Å². The predicted octanol–water partition coefficient (Wildman–Crippen LogP) is 1.18. The first-order chi connectivity index (χ1) is 8.49. The highest BCUT2D eigenvalue weighted by Gasteiger charge is 2.04. The number of carbonyl (C=O) groups is 1. The van der Waals surface area contributed by atoms with E-state index < -0.39 is 6.10 Å². The molecule has 18 heavy (non-hydrogen) atoms. The zero-order valence-electron chi connectivity index (χ0n) is 11.3. The van der Waals surface area contributed by atoms with E-state index >= 15 is 0 Å². The topological polar surface area (TPSA) is 52.6 Å². The van der Waals surface area contributed by atoms with Crippen molar-refractivity contribution in [3.05, 3.63) is 29.8 Å². The van der Waals surface area contributed by atoms with Crippen LogP contribution in [-0.4, -0.2) is 37.8 Å². The Morgan fingerprint density at radius 1 is 1.33 bits per heavy atom. The Kier molecular flexibility index (Phi) is 5.65. The zero-order valence-corrected chi connectivity index (χ0v) is 11.3. The van der Waals surface area contributed by atoms with Crippen molar-refractivity contribution in [3.8, 4) is 0 Å². The third-order valence-corrected chi connectivity index (χ3v) is 2.69. The summed E-state index contributed by atoms with van der Waals surface area (Å²) >= 11 is 0. The minimum atomic E-state index is -0.492. The van der Waals surface area contributed by atoms with Gasteiger partial charge in [0.2, 0.25) is 5.91 Å². The normalized spacial score (nSPS) is 12.0. The Morgan fingerprint density at radius 3 is 2.44 bits per heavy atom. The molecule has 0 aliphatic carbocycles. The van der Waals surface area contributed by atoms with Gasteiger partial charge in [-0.05, 0) is 31.0 Å². The highest BCUT2D eigenvalue weighted by atomic mass is 16.3. The Morgan fingerprint density at radius 2 is 1.94 bits per heavy atom. The summed E-state index contributed by atoms with van der Waals surface area (Å²) in [5.41, 5.74) is 2.30. The number of aliphatic hydroxyl groups is 1. The number of nitrogens with zero attached hydrogens (tertiary/aromatic N) is 1. The van der Waals surface area contributed by atoms with Crippen LogP contribution in [0.25, 0.3) is 0 Å². The molecule has 1 rings (SSSR count). The van der Waals surface area contributed by atoms with Crippen LogP contribution in [0.4, 0.5) is 5.69 Å². The van der Waals surface area contributed by atoms with Crippen LogP contribution in [0.5, 0.6) is 0 Å². The van der Waals surface area contributed by atoms with Gasteiger partial charge >= 0.3 is 0 Å². The zero-order chi connectivity index (χ0) is 13.5. The van der Waals surface area contributed by atoms with E-state index in [0.717, 1.165) is 17.7 Å². The lowest BCUT2D eigenvalue weighted by atomic mass is 10.1. The van der Waals surface area contributed by atoms with E-state index in [2.05, 4.69) is 5.32 Å². The highest BCUT2D eigenvalue weighted by molar-refractivity contribution is 5.76. The quantitative estimate of drug-likeness (QED) is 0.797. The van der Waals surface area contributed by atoms with Gasteiger partial charge in [-0.2, -0.15) is 0 Å². The van der Waals surface area contributed by atoms with Crippen LogP contribution in [0.1, 0.15) is 18.9 Å². The molecule has 0 bridgehead atoms. The van der Waals surface area contributed by atoms with Crippen molar-refractivity contribution in [1.29, 1.82) is 0 Å². The number of aliphatic hydroxyl groups excluding tert-OH is 1. The van der Waals surface area contributed by atoms with Gasteiger partial charge in [0.05, 0.1) is 6.10 Å². The number of benzene rings is 1. The van der Waals surface area contributed by atoms with Crippen LogP contribution in [0, 0.1) is 0 Å². The number of anilines is 1. The number of hydrogen-bond acceptors (Lipinski definition) is 3. The second-order valence-electron chi connectivity index (χ2n) is 4.71. The largest absolute Gasteiger partial charge is 0.392 e. The predicted molar refractivity (Wildman–Crippen MR) is 73.8 cm³/mol. The summed E-state index contributed by atoms with van der Waals surface area (Å²) in [5.74, 6) is -0.0208. The SMILES string of the molecule is C[C@@H](O)CNC(=O)CCc1ccc(N(C)C)cc1. The second-order valence-corrected chi connectivity index (χ2v) is 4.71. The molecule has 4 nitrogen and oxygen atoms in total. The van der Waals surface area contributed by atoms with Gasteiger partial charge in [-0.25, -0.2) is 0 Å². The number of hydrogen-bond donors (Lipinski definition) is 2. The van der Waals surface area contributed by atoms with Gasteiger partial charge < -0.3 is 15.3 Å². The molecule has 100 valence electrons. The molecule has 0 fully saturated rings. The molecule has 0 unspecified atom stereocenters. The van der Waals surface area contributed by atoms with Crippen molar-refractivity contribution in [2.75, 3.05) is 25.5 Å². The van der Waals surface area contributed by atoms with Gasteiger partial charge in [0, 0.05) is 32.7 Å². The Bertz CT molecular complexity index is 372. The first kappa shape index (κ1) is 14.5. The first-order valence-corrected chi connectivity index (χ1v) is 6.20. The summed E-state index contributed by atoms with van der Waals surface area (Å²) in [7, 11) is 4.00. The van der Waals surface area contributed by atoms with E-state index in [1.54, 1.807) is 6.92 Å². The van der Waals surface area contributed by atoms with Crippen molar-refractivity contribution in [1.82, 2.24) is 5.32 Å². The summed E-state index contributed by atoms with van der Waals surface area (Å²) in [5, 5.41) is 11.7. The molecule has 0 aliphatic rings. The summed E-state index contributed by atoms with van der Waals surface area (Å²) in [4.78, 5) is 13.5. The van der Waals surface area contributed by atoms with Gasteiger partial charge in [0.15, 0.2) is 0 Å². The van der Waals surface area contributed by atoms with E-state index in [4.69, 9.17) is 5.11 Å². The monoisotopic (exact) mass is 250 g/mol. The maximum atomic E-state index is 11.5. The molecule has 0 saturated carbocycles. The van der Waals surface area contributed by atoms with Crippen molar-refractivity contribution in [3.63, 3.8) is 0 Å². The van der Waals surface area contributed by atoms with Crippen LogP contribution in [0.3, 0.4) is 0 Å². The first-order valence-electron chi connectivity index (χ1n) is 6.20. The summed E-state index contributed by atoms with van der Waals surface area (Å²) < 4.78 is 0. The minimum Gasteiger partial charge on any atom is -0.392 e. The van der Waals surface area contributed by atoms with Crippen LogP contribution >= 0.6 is 0 Å². The fourth-order valence-corrected chi connectivity index (χ4v) is 1.57. The lowest BCUT2D eigenvalue weighted by Crippen LogP contribution is -2.30. The van der Waals surface area contributed by atoms with E-state index in [1.165, 1.54) is 0 Å². The third-order valence-electron chi connectivity index (χ3n) is 2.69. The maximum Gasteiger partial charge on any atom is 0.220 e. The van der Waals surface area contributed by atoms with Crippen molar-refractivity contribution < 1.29 is 9.90 Å². The molecule has 0 saturated heterocycles. The molecule has 1 atom stereocenters. The second kappa shape index (κ2) is 7.01. The van der Waals surface area contributed by atoms with Gasteiger partial charge in [0.1, 0.15) is 0 Å². The van der Waals surface area contributed by atoms with Crippen molar-refractivity contribution in [2.24, 2.45) is 0 Å². The van der Waals surface area contributed by atoms with Crippen molar-refractivity contribution in [2.45, 2.75) is 25.9 Å². The van der Waals surface area contributed by atoms with E-state index in [0.29, 0.717) is 13.0 Å². The Balaban J connectivity index is 2.37. The Hall–Kier alpha value is -1.55. The highest BCUT2D eigenvalue weighted by Crippen LogP contribution is 2.13. The average molecular weight is 250 g/mol. The van der Waals surface area contributed by atoms with Crippen LogP contribution in [0.2, 0.25) is 0 Å². The fourth-order valence-electron chi connectivity index (χ4n) is 1.57. The summed E-state index contributed by atoms with van der Waals surface area (Å²) in [6.45, 7) is 1.97. The van der Waals surface area contributed by atoms with Crippen LogP contribution in [0.15, 0.2) is 24.3 Å². The van der Waals surface area contributed by atoms with Crippen LogP contribution < -0.4 is 10.2 Å². The Labute approximate surface area is 109 Å². The van der Waals surface area contributed by atoms with Crippen molar-refractivity contribution >= 4 is 11.6 Å². The maximum absolute atomic E-state index is 11.5. The molecule has 1 aromatic carbocycles. The lowest BCUT2D eigenvalue weighted by molar-refractivity contribution is -0.121. The molecule has 0 aromatic heterocycles. The van der Waals surface area contributed by atoms with E-state index in [-0.39, 0.29) is 5.91 Å². The fraction of sp³-hybridized carbons (Fsp3) is 0.500. The number of nitrogens with one attached hydrogen (secondary N) is 1. The average Bonchev–Trinajstić information content (AvgIpc) is 2.34. The van der Waals surface area contributed by atoms with E-state index in [1.807, 2.05) is 43.3 Å². The number of carbonyl (C=O) groups excluding carboxylic acids is 1. The van der Waals surface area contributed by atoms with Gasteiger partial charge in [0.25, 0.3) is 0 Å². The molecule has 1 amide bonds. The molecule has 4 heteroatoms. The smallest absolute Gasteiger partial charge is 0.220 e. The number of amides is 1. The van der Waals surface area contributed by atoms with E-state index in [9.17, 15) is 4.79 Å².